The molecule has 0 amide bonds. The Labute approximate surface area is 114 Å². The number of hydrogen-bond donors (Lipinski definition) is 3. The van der Waals surface area contributed by atoms with Crippen LogP contribution in [0.25, 0.3) is 0 Å². The van der Waals surface area contributed by atoms with Crippen molar-refractivity contribution in [3.8, 4) is 0 Å². The zero-order valence-corrected chi connectivity index (χ0v) is 10.8. The Morgan fingerprint density at radius 3 is 1.50 bits per heavy atom. The molecule has 0 radical (unpaired) electrons. The summed E-state index contributed by atoms with van der Waals surface area (Å²) < 4.78 is 12.6. The van der Waals surface area contributed by atoms with E-state index in [4.69, 9.17) is 14.4 Å². The van der Waals surface area contributed by atoms with E-state index in [-0.39, 0.29) is 83.8 Å². The first-order valence-electron chi connectivity index (χ1n) is 1.03. The molecule has 42 valence electrons. The minimum atomic E-state index is -4.80. The molecule has 3 N–H and O–H groups in total. The normalized spacial score (nSPS) is 9.00. The molecule has 8 heteroatoms. The van der Waals surface area contributed by atoms with Gasteiger partial charge in [0.05, 0.1) is 0 Å². The van der Waals surface area contributed by atoms with E-state index in [1.165, 1.54) is 0 Å². The van der Waals surface area contributed by atoms with Crippen LogP contribution in [0.1, 0.15) is 2.85 Å². The zero-order chi connectivity index (χ0) is 5.21. The zero-order valence-electron chi connectivity index (χ0n) is 6.63. The van der Waals surface area contributed by atoms with E-state index in [9.17, 15) is 4.53 Å². The molecule has 0 heterocycles. The Kier molecular flexibility index (Phi) is 16.4. The summed E-state index contributed by atoms with van der Waals surface area (Å²) in [6.45, 7) is 0. The molecule has 4 nitrogen and oxygen atoms in total. The minimum absolute atomic E-state index is 0. The van der Waals surface area contributed by atoms with Crippen LogP contribution in [0.15, 0.2) is 0 Å². The van der Waals surface area contributed by atoms with Gasteiger partial charge in [-0.1, -0.05) is 4.53 Å². The van der Waals surface area contributed by atoms with Crippen molar-refractivity contribution >= 4 is 9.05 Å². The number of rotatable bonds is 1. The van der Waals surface area contributed by atoms with Gasteiger partial charge in [0, 0.05) is 0 Å². The van der Waals surface area contributed by atoms with Crippen molar-refractivity contribution in [2.24, 2.45) is 0 Å². The van der Waals surface area contributed by atoms with E-state index >= 15 is 0 Å². The predicted molar refractivity (Wildman–Crippen MR) is 16.8 cm³/mol. The monoisotopic (exact) mass is 178 g/mol. The second-order valence-electron chi connectivity index (χ2n) is 0.651. The quantitative estimate of drug-likeness (QED) is 0.349. The molecule has 0 aromatic carbocycles. The van der Waals surface area contributed by atoms with Gasteiger partial charge in [-0.2, -0.15) is 4.63 Å². The van der Waals surface area contributed by atoms with E-state index in [0.29, 0.717) is 0 Å². The third-order valence-corrected chi connectivity index (χ3v) is 0.311. The molecule has 0 aromatic heterocycles. The Morgan fingerprint density at radius 2 is 1.50 bits per heavy atom. The molecule has 0 aliphatic carbocycles. The summed E-state index contributed by atoms with van der Waals surface area (Å²) in [5, 5.41) is 0. The standard InChI is InChI=1S/FH3O4Si.K.Na.2H/c1-5-6(2,3)4;;;;/h2-4H;;;;/q;2*+1;2*-1. The maximum atomic E-state index is 10.3. The van der Waals surface area contributed by atoms with Crippen molar-refractivity contribution in [2.75, 3.05) is 0 Å². The maximum Gasteiger partial charge on any atom is 1.00 e. The van der Waals surface area contributed by atoms with E-state index in [1.54, 1.807) is 0 Å². The smallest absolute Gasteiger partial charge is 1.00 e. The molecule has 0 fully saturated rings. The van der Waals surface area contributed by atoms with Gasteiger partial charge in [-0.05, 0) is 0 Å². The molecule has 0 saturated heterocycles. The third-order valence-electron chi connectivity index (χ3n) is 0.104. The van der Waals surface area contributed by atoms with Crippen LogP contribution in [0.3, 0.4) is 0 Å². The van der Waals surface area contributed by atoms with E-state index in [1.807, 2.05) is 0 Å². The second kappa shape index (κ2) is 7.73. The van der Waals surface area contributed by atoms with Gasteiger partial charge in [0.15, 0.2) is 0 Å². The van der Waals surface area contributed by atoms with Crippen molar-refractivity contribution in [3.05, 3.63) is 0 Å². The fourth-order valence-electron chi connectivity index (χ4n) is 0. The van der Waals surface area contributed by atoms with Crippen LogP contribution in [0.5, 0.6) is 0 Å². The molecule has 0 atom stereocenters. The van der Waals surface area contributed by atoms with Crippen LogP contribution in [-0.2, 0) is 4.63 Å². The Bertz CT molecular complexity index is 53.0. The van der Waals surface area contributed by atoms with Crippen LogP contribution < -0.4 is 80.9 Å². The minimum Gasteiger partial charge on any atom is -1.00 e. The van der Waals surface area contributed by atoms with Crippen LogP contribution in [0.4, 0.5) is 4.53 Å². The Morgan fingerprint density at radius 1 is 1.38 bits per heavy atom. The van der Waals surface area contributed by atoms with Gasteiger partial charge in [-0.3, -0.25) is 0 Å². The molecule has 0 rings (SSSR count). The summed E-state index contributed by atoms with van der Waals surface area (Å²) in [5.41, 5.74) is 0. The van der Waals surface area contributed by atoms with Crippen LogP contribution in [0.2, 0.25) is 0 Å². The van der Waals surface area contributed by atoms with Gasteiger partial charge in [0.2, 0.25) is 0 Å². The summed E-state index contributed by atoms with van der Waals surface area (Å²) in [5.74, 6) is 0. The molecule has 0 bridgehead atoms. The molecule has 0 aliphatic rings. The van der Waals surface area contributed by atoms with Crippen LogP contribution >= 0.6 is 0 Å². The van der Waals surface area contributed by atoms with Crippen LogP contribution in [-0.4, -0.2) is 23.4 Å². The van der Waals surface area contributed by atoms with Gasteiger partial charge in [-0.15, -0.1) is 0 Å². The third kappa shape index (κ3) is 15.8. The van der Waals surface area contributed by atoms with Crippen molar-refractivity contribution in [1.82, 2.24) is 0 Å². The Balaban J connectivity index is -0.0000000208. The molecular weight excluding hydrogens is 173 g/mol. The summed E-state index contributed by atoms with van der Waals surface area (Å²) >= 11 is 0. The summed E-state index contributed by atoms with van der Waals surface area (Å²) in [6, 6.07) is 0. The van der Waals surface area contributed by atoms with Crippen molar-refractivity contribution in [2.45, 2.75) is 0 Å². The van der Waals surface area contributed by atoms with Crippen molar-refractivity contribution in [3.63, 3.8) is 0 Å². The van der Waals surface area contributed by atoms with Crippen molar-refractivity contribution in [1.29, 1.82) is 0 Å². The molecule has 0 unspecified atom stereocenters. The number of halogens is 1. The fraction of sp³-hybridized carbons (Fsp3) is 0. The SMILES string of the molecule is O[Si](O)(O)OF.[H-].[H-].[K+].[Na+]. The second-order valence-corrected chi connectivity index (χ2v) is 1.95. The molecule has 0 aromatic rings. The van der Waals surface area contributed by atoms with Crippen molar-refractivity contribution < 1.29 is 107 Å². The summed E-state index contributed by atoms with van der Waals surface area (Å²) in [6.07, 6.45) is 0. The van der Waals surface area contributed by atoms with Crippen LogP contribution in [0, 0.1) is 0 Å². The van der Waals surface area contributed by atoms with Gasteiger partial charge < -0.3 is 17.2 Å². The largest absolute Gasteiger partial charge is 1.00 e. The van der Waals surface area contributed by atoms with Gasteiger partial charge in [0.1, 0.15) is 0 Å². The Hall–Kier alpha value is 2.62. The van der Waals surface area contributed by atoms with E-state index in [0.717, 1.165) is 0 Å². The van der Waals surface area contributed by atoms with Gasteiger partial charge in [0.25, 0.3) is 0 Å². The average Bonchev–Trinajstić information content (AvgIpc) is 1.35. The maximum absolute atomic E-state index is 10.3. The molecule has 0 saturated carbocycles. The molecule has 0 spiro atoms. The molecular formula is H5FKNaO4Si. The predicted octanol–water partition coefficient (Wildman–Crippen LogP) is -7.47. The summed E-state index contributed by atoms with van der Waals surface area (Å²) in [4.78, 5) is 22.4. The first-order chi connectivity index (χ1) is 2.56. The average molecular weight is 178 g/mol. The van der Waals surface area contributed by atoms with Gasteiger partial charge in [-0.25, -0.2) is 0 Å². The first-order valence-corrected chi connectivity index (χ1v) is 2.78. The summed E-state index contributed by atoms with van der Waals surface area (Å²) in [7, 11) is -4.80. The first kappa shape index (κ1) is 16.9. The number of hydrogen-bond acceptors (Lipinski definition) is 4. The fourth-order valence-corrected chi connectivity index (χ4v) is 0. The van der Waals surface area contributed by atoms with E-state index < -0.39 is 9.05 Å². The van der Waals surface area contributed by atoms with E-state index in [2.05, 4.69) is 4.63 Å². The topological polar surface area (TPSA) is 69.9 Å². The molecule has 8 heavy (non-hydrogen) atoms. The molecule has 0 aliphatic heterocycles. The van der Waals surface area contributed by atoms with Gasteiger partial charge >= 0.3 is 90.0 Å².